The van der Waals surface area contributed by atoms with Crippen LogP contribution in [0.2, 0.25) is 0 Å². The molecule has 0 spiro atoms. The molecule has 2 N–H and O–H groups in total. The van der Waals surface area contributed by atoms with Crippen LogP contribution in [0.15, 0.2) is 18.2 Å². The third-order valence-corrected chi connectivity index (χ3v) is 2.46. The summed E-state index contributed by atoms with van der Waals surface area (Å²) in [6.45, 7) is 2.07. The lowest BCUT2D eigenvalue weighted by atomic mass is 10.0. The van der Waals surface area contributed by atoms with Gasteiger partial charge < -0.3 is 5.73 Å². The Morgan fingerprint density at radius 1 is 1.27 bits per heavy atom. The Balaban J connectivity index is 2.50. The van der Waals surface area contributed by atoms with E-state index in [1.54, 1.807) is 0 Å². The van der Waals surface area contributed by atoms with Crippen LogP contribution in [0.4, 0.5) is 8.78 Å². The van der Waals surface area contributed by atoms with E-state index in [0.29, 0.717) is 12.0 Å². The van der Waals surface area contributed by atoms with Crippen molar-refractivity contribution in [1.82, 2.24) is 0 Å². The molecule has 0 aliphatic heterocycles. The summed E-state index contributed by atoms with van der Waals surface area (Å²) in [6, 6.07) is 3.80. The van der Waals surface area contributed by atoms with Crippen LogP contribution < -0.4 is 5.73 Å². The molecule has 0 aromatic heterocycles. The molecule has 1 rings (SSSR count). The Hall–Kier alpha value is -0.960. The van der Waals surface area contributed by atoms with E-state index >= 15 is 0 Å². The summed E-state index contributed by atoms with van der Waals surface area (Å²) in [7, 11) is 0. The van der Waals surface area contributed by atoms with Crippen molar-refractivity contribution in [3.05, 3.63) is 35.4 Å². The van der Waals surface area contributed by atoms with Crippen LogP contribution in [0.25, 0.3) is 0 Å². The van der Waals surface area contributed by atoms with Crippen molar-refractivity contribution in [2.45, 2.75) is 38.6 Å². The fourth-order valence-corrected chi connectivity index (χ4v) is 1.58. The molecule has 0 radical (unpaired) electrons. The van der Waals surface area contributed by atoms with Gasteiger partial charge in [0, 0.05) is 12.1 Å². The molecule has 0 fully saturated rings. The first-order chi connectivity index (χ1) is 7.13. The summed E-state index contributed by atoms with van der Waals surface area (Å²) in [6.07, 6.45) is 3.31. The molecule has 1 atom stereocenters. The summed E-state index contributed by atoms with van der Waals surface area (Å²) in [5.41, 5.74) is 6.36. The van der Waals surface area contributed by atoms with Crippen molar-refractivity contribution in [3.8, 4) is 0 Å². The quantitative estimate of drug-likeness (QED) is 0.799. The molecular weight excluding hydrogens is 196 g/mol. The van der Waals surface area contributed by atoms with Crippen molar-refractivity contribution < 1.29 is 8.78 Å². The SMILES string of the molecule is CCCC(N)CCc1ccc(F)cc1F. The van der Waals surface area contributed by atoms with Gasteiger partial charge in [0.25, 0.3) is 0 Å². The number of hydrogen-bond donors (Lipinski definition) is 1. The lowest BCUT2D eigenvalue weighted by Crippen LogP contribution is -2.20. The molecule has 0 aliphatic carbocycles. The largest absolute Gasteiger partial charge is 0.328 e. The van der Waals surface area contributed by atoms with Crippen molar-refractivity contribution in [2.75, 3.05) is 0 Å². The van der Waals surface area contributed by atoms with Gasteiger partial charge in [-0.05, 0) is 30.9 Å². The van der Waals surface area contributed by atoms with Gasteiger partial charge in [0.2, 0.25) is 0 Å². The zero-order valence-corrected chi connectivity index (χ0v) is 8.97. The number of benzene rings is 1. The van der Waals surface area contributed by atoms with Gasteiger partial charge in [-0.2, -0.15) is 0 Å². The molecule has 0 saturated carbocycles. The van der Waals surface area contributed by atoms with Crippen LogP contribution in [0.1, 0.15) is 31.7 Å². The highest BCUT2D eigenvalue weighted by Crippen LogP contribution is 2.13. The Labute approximate surface area is 89.3 Å². The van der Waals surface area contributed by atoms with Gasteiger partial charge in [0.05, 0.1) is 0 Å². The topological polar surface area (TPSA) is 26.0 Å². The first kappa shape index (κ1) is 12.1. The van der Waals surface area contributed by atoms with Gasteiger partial charge in [0.1, 0.15) is 11.6 Å². The second-order valence-corrected chi connectivity index (χ2v) is 3.82. The number of nitrogens with two attached hydrogens (primary N) is 1. The minimum absolute atomic E-state index is 0.111. The smallest absolute Gasteiger partial charge is 0.129 e. The zero-order chi connectivity index (χ0) is 11.3. The normalized spacial score (nSPS) is 12.8. The predicted molar refractivity (Wildman–Crippen MR) is 57.6 cm³/mol. The van der Waals surface area contributed by atoms with Gasteiger partial charge in [0.15, 0.2) is 0 Å². The first-order valence-corrected chi connectivity index (χ1v) is 5.33. The standard InChI is InChI=1S/C12H17F2N/c1-2-3-11(15)7-5-9-4-6-10(13)8-12(9)14/h4,6,8,11H,2-3,5,7,15H2,1H3. The predicted octanol–water partition coefficient (Wildman–Crippen LogP) is 3.02. The Morgan fingerprint density at radius 3 is 2.60 bits per heavy atom. The van der Waals surface area contributed by atoms with E-state index in [9.17, 15) is 8.78 Å². The zero-order valence-electron chi connectivity index (χ0n) is 8.97. The fraction of sp³-hybridized carbons (Fsp3) is 0.500. The van der Waals surface area contributed by atoms with E-state index in [4.69, 9.17) is 5.73 Å². The third-order valence-electron chi connectivity index (χ3n) is 2.46. The van der Waals surface area contributed by atoms with Gasteiger partial charge >= 0.3 is 0 Å². The second-order valence-electron chi connectivity index (χ2n) is 3.82. The Kier molecular flexibility index (Phi) is 4.69. The van der Waals surface area contributed by atoms with E-state index in [1.807, 2.05) is 0 Å². The molecule has 1 unspecified atom stereocenters. The Bertz CT molecular complexity index is 312. The molecule has 1 aromatic rings. The minimum Gasteiger partial charge on any atom is -0.328 e. The van der Waals surface area contributed by atoms with Crippen LogP contribution in [-0.4, -0.2) is 6.04 Å². The van der Waals surface area contributed by atoms with Gasteiger partial charge in [-0.25, -0.2) is 8.78 Å². The summed E-state index contributed by atoms with van der Waals surface area (Å²) in [5.74, 6) is -1.01. The number of aryl methyl sites for hydroxylation is 1. The molecule has 1 aromatic carbocycles. The van der Waals surface area contributed by atoms with Crippen LogP contribution in [0, 0.1) is 11.6 Å². The van der Waals surface area contributed by atoms with Crippen LogP contribution in [0.5, 0.6) is 0 Å². The molecule has 84 valence electrons. The average molecular weight is 213 g/mol. The third kappa shape index (κ3) is 3.96. The second kappa shape index (κ2) is 5.81. The van der Waals surface area contributed by atoms with Crippen LogP contribution in [-0.2, 0) is 6.42 Å². The maximum Gasteiger partial charge on any atom is 0.129 e. The summed E-state index contributed by atoms with van der Waals surface area (Å²) in [4.78, 5) is 0. The van der Waals surface area contributed by atoms with Gasteiger partial charge in [-0.15, -0.1) is 0 Å². The number of hydrogen-bond acceptors (Lipinski definition) is 1. The molecule has 1 nitrogen and oxygen atoms in total. The molecule has 3 heteroatoms. The first-order valence-electron chi connectivity index (χ1n) is 5.33. The van der Waals surface area contributed by atoms with Crippen LogP contribution >= 0.6 is 0 Å². The van der Waals surface area contributed by atoms with E-state index in [-0.39, 0.29) is 6.04 Å². The van der Waals surface area contributed by atoms with Crippen molar-refractivity contribution in [3.63, 3.8) is 0 Å². The molecule has 0 heterocycles. The van der Waals surface area contributed by atoms with Crippen LogP contribution in [0.3, 0.4) is 0 Å². The molecule has 15 heavy (non-hydrogen) atoms. The molecule has 0 amide bonds. The van der Waals surface area contributed by atoms with Gasteiger partial charge in [-0.1, -0.05) is 19.4 Å². The highest BCUT2D eigenvalue weighted by atomic mass is 19.1. The highest BCUT2D eigenvalue weighted by Gasteiger charge is 2.06. The van der Waals surface area contributed by atoms with Crippen molar-refractivity contribution >= 4 is 0 Å². The summed E-state index contributed by atoms with van der Waals surface area (Å²) >= 11 is 0. The summed E-state index contributed by atoms with van der Waals surface area (Å²) < 4.78 is 25.8. The monoisotopic (exact) mass is 213 g/mol. The maximum atomic E-state index is 13.2. The van der Waals surface area contributed by atoms with E-state index in [0.717, 1.165) is 25.3 Å². The van der Waals surface area contributed by atoms with Crippen molar-refractivity contribution in [1.29, 1.82) is 0 Å². The highest BCUT2D eigenvalue weighted by molar-refractivity contribution is 5.18. The summed E-state index contributed by atoms with van der Waals surface area (Å²) in [5, 5.41) is 0. The number of halogens is 2. The van der Waals surface area contributed by atoms with E-state index < -0.39 is 11.6 Å². The lowest BCUT2D eigenvalue weighted by Gasteiger charge is -2.10. The number of rotatable bonds is 5. The Morgan fingerprint density at radius 2 is 2.00 bits per heavy atom. The molecule has 0 bridgehead atoms. The maximum absolute atomic E-state index is 13.2. The lowest BCUT2D eigenvalue weighted by molar-refractivity contribution is 0.537. The fourth-order valence-electron chi connectivity index (χ4n) is 1.58. The molecular formula is C12H17F2N. The molecule has 0 aliphatic rings. The minimum atomic E-state index is -0.533. The van der Waals surface area contributed by atoms with Gasteiger partial charge in [-0.3, -0.25) is 0 Å². The molecule has 0 saturated heterocycles. The van der Waals surface area contributed by atoms with E-state index in [2.05, 4.69) is 6.92 Å². The van der Waals surface area contributed by atoms with Crippen molar-refractivity contribution in [2.24, 2.45) is 5.73 Å². The average Bonchev–Trinajstić information content (AvgIpc) is 2.17. The van der Waals surface area contributed by atoms with E-state index in [1.165, 1.54) is 12.1 Å².